The van der Waals surface area contributed by atoms with Crippen LogP contribution in [0.4, 0.5) is 4.79 Å². The van der Waals surface area contributed by atoms with Gasteiger partial charge < -0.3 is 20.3 Å². The van der Waals surface area contributed by atoms with E-state index in [1.807, 2.05) is 27.7 Å². The van der Waals surface area contributed by atoms with Gasteiger partial charge in [0, 0.05) is 12.5 Å². The number of rotatable bonds is 7. The molecule has 4 aliphatic rings. The van der Waals surface area contributed by atoms with Gasteiger partial charge in [-0.3, -0.25) is 19.3 Å². The van der Waals surface area contributed by atoms with Crippen molar-refractivity contribution in [3.05, 3.63) is 0 Å². The van der Waals surface area contributed by atoms with Crippen LogP contribution in [-0.2, 0) is 23.9 Å². The number of esters is 1. The van der Waals surface area contributed by atoms with Crippen molar-refractivity contribution in [1.82, 2.24) is 20.4 Å². The van der Waals surface area contributed by atoms with E-state index in [-0.39, 0.29) is 47.6 Å². The van der Waals surface area contributed by atoms with Crippen LogP contribution in [0.25, 0.3) is 0 Å². The Morgan fingerprint density at radius 3 is 2.00 bits per heavy atom. The van der Waals surface area contributed by atoms with Crippen molar-refractivity contribution in [2.75, 3.05) is 6.54 Å². The molecule has 5 amide bonds. The van der Waals surface area contributed by atoms with Crippen molar-refractivity contribution in [2.45, 2.75) is 117 Å². The smallest absolute Gasteiger partial charge is 0.329 e. The lowest BCUT2D eigenvalue weighted by Gasteiger charge is -2.44. The fraction of sp³-hybridized carbons (Fsp3) is 0.821. The molecule has 0 unspecified atom stereocenters. The summed E-state index contributed by atoms with van der Waals surface area (Å²) in [6, 6.07) is -2.99. The molecule has 38 heavy (non-hydrogen) atoms. The van der Waals surface area contributed by atoms with Crippen LogP contribution in [-0.4, -0.2) is 75.8 Å². The van der Waals surface area contributed by atoms with E-state index in [4.69, 9.17) is 4.74 Å². The van der Waals surface area contributed by atoms with Gasteiger partial charge in [0.15, 0.2) is 0 Å². The third kappa shape index (κ3) is 5.15. The normalized spacial score (nSPS) is 25.8. The zero-order valence-electron chi connectivity index (χ0n) is 23.8. The number of fused-ring (bicyclic) bond motifs is 2. The number of ether oxygens (including phenoxy) is 1. The summed E-state index contributed by atoms with van der Waals surface area (Å²) in [7, 11) is 0. The highest BCUT2D eigenvalue weighted by Gasteiger charge is 2.68. The van der Waals surface area contributed by atoms with Crippen LogP contribution in [0.3, 0.4) is 0 Å². The van der Waals surface area contributed by atoms with Gasteiger partial charge in [-0.05, 0) is 64.7 Å². The summed E-state index contributed by atoms with van der Waals surface area (Å²) in [6.45, 7) is 13.1. The average Bonchev–Trinajstić information content (AvgIpc) is 3.48. The summed E-state index contributed by atoms with van der Waals surface area (Å²) < 4.78 is 5.47. The Bertz CT molecular complexity index is 994. The molecular formula is C28H44N4O6. The fourth-order valence-corrected chi connectivity index (χ4v) is 6.21. The minimum Gasteiger partial charge on any atom is -0.458 e. The third-order valence-electron chi connectivity index (χ3n) is 8.43. The monoisotopic (exact) mass is 532 g/mol. The largest absolute Gasteiger partial charge is 0.458 e. The fourth-order valence-electron chi connectivity index (χ4n) is 6.21. The minimum absolute atomic E-state index is 0.0628. The minimum atomic E-state index is -0.874. The van der Waals surface area contributed by atoms with Crippen LogP contribution in [0.2, 0.25) is 0 Å². The molecule has 4 fully saturated rings. The predicted molar refractivity (Wildman–Crippen MR) is 140 cm³/mol. The van der Waals surface area contributed by atoms with Gasteiger partial charge in [-0.25, -0.2) is 9.59 Å². The summed E-state index contributed by atoms with van der Waals surface area (Å²) in [5.74, 6) is -1.49. The molecule has 0 aromatic heterocycles. The Kier molecular flexibility index (Phi) is 7.58. The van der Waals surface area contributed by atoms with Gasteiger partial charge in [0.25, 0.3) is 0 Å². The zero-order chi connectivity index (χ0) is 28.2. The van der Waals surface area contributed by atoms with E-state index < -0.39 is 35.1 Å². The van der Waals surface area contributed by atoms with E-state index >= 15 is 0 Å². The van der Waals surface area contributed by atoms with Crippen molar-refractivity contribution in [3.63, 3.8) is 0 Å². The molecule has 2 saturated heterocycles. The van der Waals surface area contributed by atoms with Crippen LogP contribution < -0.4 is 10.6 Å². The van der Waals surface area contributed by atoms with E-state index in [0.717, 1.165) is 19.3 Å². The molecular weight excluding hydrogens is 488 g/mol. The van der Waals surface area contributed by atoms with E-state index in [2.05, 4.69) is 10.6 Å². The number of hydrogen-bond acceptors (Lipinski definition) is 6. The second kappa shape index (κ2) is 10.2. The Labute approximate surface area is 225 Å². The van der Waals surface area contributed by atoms with E-state index in [1.165, 1.54) is 4.90 Å². The Morgan fingerprint density at radius 1 is 0.947 bits per heavy atom. The van der Waals surface area contributed by atoms with E-state index in [9.17, 15) is 24.0 Å². The van der Waals surface area contributed by atoms with Crippen molar-refractivity contribution < 1.29 is 28.7 Å². The highest BCUT2D eigenvalue weighted by atomic mass is 16.6. The molecule has 2 heterocycles. The van der Waals surface area contributed by atoms with Crippen molar-refractivity contribution in [2.24, 2.45) is 23.2 Å². The lowest BCUT2D eigenvalue weighted by atomic mass is 9.64. The Morgan fingerprint density at radius 2 is 1.53 bits per heavy atom. The van der Waals surface area contributed by atoms with Crippen LogP contribution in [0.5, 0.6) is 0 Å². The van der Waals surface area contributed by atoms with Crippen molar-refractivity contribution in [1.29, 1.82) is 0 Å². The van der Waals surface area contributed by atoms with Gasteiger partial charge in [-0.15, -0.1) is 0 Å². The maximum absolute atomic E-state index is 13.9. The maximum Gasteiger partial charge on any atom is 0.329 e. The summed E-state index contributed by atoms with van der Waals surface area (Å²) in [5.41, 5.74) is -1.39. The van der Waals surface area contributed by atoms with Gasteiger partial charge in [0.1, 0.15) is 17.7 Å². The van der Waals surface area contributed by atoms with Crippen LogP contribution in [0.15, 0.2) is 0 Å². The van der Waals surface area contributed by atoms with Crippen LogP contribution >= 0.6 is 0 Å². The van der Waals surface area contributed by atoms with Gasteiger partial charge in [0.2, 0.25) is 17.7 Å². The third-order valence-corrected chi connectivity index (χ3v) is 8.43. The van der Waals surface area contributed by atoms with Crippen molar-refractivity contribution in [3.8, 4) is 0 Å². The Balaban J connectivity index is 1.49. The number of imide groups is 1. The second-order valence-electron chi connectivity index (χ2n) is 13.2. The van der Waals surface area contributed by atoms with E-state index in [1.54, 1.807) is 25.7 Å². The number of carbonyl (C=O) groups excluding carboxylic acids is 5. The average molecular weight is 533 g/mol. The molecule has 2 aliphatic carbocycles. The van der Waals surface area contributed by atoms with Crippen molar-refractivity contribution >= 4 is 29.7 Å². The SMILES string of the molecule is CC(C)[C@H](NC(=O)N[C@H](C(=O)N1CC[C@H]2[C@H]1C1(CCC1)C(=O)N2C(=O)C1CC1)C(C)C)C(=O)OC(C)(C)C. The first-order valence-electron chi connectivity index (χ1n) is 14.2. The topological polar surface area (TPSA) is 125 Å². The number of nitrogens with one attached hydrogen (secondary N) is 2. The Hall–Kier alpha value is -2.65. The summed E-state index contributed by atoms with van der Waals surface area (Å²) in [6.07, 6.45) is 4.47. The number of urea groups is 1. The highest BCUT2D eigenvalue weighted by molar-refractivity contribution is 6.04. The number of likely N-dealkylation sites (tertiary alicyclic amines) is 2. The summed E-state index contributed by atoms with van der Waals surface area (Å²) >= 11 is 0. The number of amides is 5. The molecule has 0 radical (unpaired) electrons. The molecule has 0 aromatic rings. The first-order chi connectivity index (χ1) is 17.7. The molecule has 4 atom stereocenters. The quantitative estimate of drug-likeness (QED) is 0.384. The predicted octanol–water partition coefficient (Wildman–Crippen LogP) is 2.60. The summed E-state index contributed by atoms with van der Waals surface area (Å²) in [4.78, 5) is 69.5. The molecule has 2 aliphatic heterocycles. The molecule has 4 rings (SSSR count). The lowest BCUT2D eigenvalue weighted by Crippen LogP contribution is -2.60. The molecule has 1 spiro atoms. The summed E-state index contributed by atoms with van der Waals surface area (Å²) in [5, 5.41) is 5.50. The van der Waals surface area contributed by atoms with E-state index in [0.29, 0.717) is 25.8 Å². The van der Waals surface area contributed by atoms with Gasteiger partial charge in [-0.1, -0.05) is 34.1 Å². The molecule has 10 heteroatoms. The molecule has 2 N–H and O–H groups in total. The molecule has 0 bridgehead atoms. The molecule has 212 valence electrons. The molecule has 10 nitrogen and oxygen atoms in total. The maximum atomic E-state index is 13.9. The second-order valence-corrected chi connectivity index (χ2v) is 13.2. The number of hydrogen-bond donors (Lipinski definition) is 2. The van der Waals surface area contributed by atoms with Gasteiger partial charge in [-0.2, -0.15) is 0 Å². The molecule has 0 aromatic carbocycles. The number of carbonyl (C=O) groups is 5. The molecule has 2 saturated carbocycles. The zero-order valence-corrected chi connectivity index (χ0v) is 23.8. The standard InChI is InChI=1S/C28H44N4O6/c1-15(2)19(29-26(37)30-20(16(3)4)24(35)38-27(5,6)7)23(34)31-14-11-18-21(31)28(12-8-13-28)25(36)32(18)22(33)17-9-10-17/h15-21H,8-14H2,1-7H3,(H2,29,30,37)/t18-,19-,20-,21-/m0/s1. The lowest BCUT2D eigenvalue weighted by molar-refractivity contribution is -0.158. The first-order valence-corrected chi connectivity index (χ1v) is 14.2. The first kappa shape index (κ1) is 28.4. The van der Waals surface area contributed by atoms with Crippen LogP contribution in [0, 0.1) is 23.2 Å². The number of nitrogens with zero attached hydrogens (tertiary/aromatic N) is 2. The van der Waals surface area contributed by atoms with Gasteiger partial charge >= 0.3 is 12.0 Å². The van der Waals surface area contributed by atoms with Gasteiger partial charge in [0.05, 0.1) is 17.5 Å². The van der Waals surface area contributed by atoms with Crippen LogP contribution in [0.1, 0.15) is 87.0 Å². The highest BCUT2D eigenvalue weighted by Crippen LogP contribution is 2.56.